The second-order valence-corrected chi connectivity index (χ2v) is 5.96. The lowest BCUT2D eigenvalue weighted by Crippen LogP contribution is -2.34. The van der Waals surface area contributed by atoms with E-state index in [0.717, 1.165) is 11.1 Å². The number of nitrogens with one attached hydrogen (secondary N) is 1. The molecular weight excluding hydrogens is 332 g/mol. The largest absolute Gasteiger partial charge is 0.466 e. The fraction of sp³-hybridized carbons (Fsp3) is 0.450. The second-order valence-electron chi connectivity index (χ2n) is 5.96. The summed E-state index contributed by atoms with van der Waals surface area (Å²) >= 11 is 0. The number of rotatable bonds is 10. The standard InChI is InChI=1S/C20H28N2O4/c1-4-26-20(25)12-15-22(14-5-13-21-17(3)23)19(24)11-10-18-8-6-16(2)7-9-18/h6-11H,4-5,12-15H2,1-3H3,(H,21,23)/b11-10+. The van der Waals surface area contributed by atoms with Gasteiger partial charge in [0.05, 0.1) is 13.0 Å². The van der Waals surface area contributed by atoms with E-state index in [4.69, 9.17) is 4.74 Å². The van der Waals surface area contributed by atoms with Crippen LogP contribution in [0.25, 0.3) is 6.08 Å². The fourth-order valence-corrected chi connectivity index (χ4v) is 2.28. The van der Waals surface area contributed by atoms with Crippen LogP contribution in [0.15, 0.2) is 30.3 Å². The lowest BCUT2D eigenvalue weighted by molar-refractivity contribution is -0.143. The topological polar surface area (TPSA) is 75.7 Å². The summed E-state index contributed by atoms with van der Waals surface area (Å²) in [4.78, 5) is 36.6. The zero-order valence-corrected chi connectivity index (χ0v) is 15.8. The first kappa shape index (κ1) is 21.4. The number of hydrogen-bond acceptors (Lipinski definition) is 4. The minimum absolute atomic E-state index is 0.103. The summed E-state index contributed by atoms with van der Waals surface area (Å²) in [7, 11) is 0. The highest BCUT2D eigenvalue weighted by Gasteiger charge is 2.13. The summed E-state index contributed by atoms with van der Waals surface area (Å²) in [5.74, 6) is -0.596. The molecule has 0 heterocycles. The summed E-state index contributed by atoms with van der Waals surface area (Å²) in [6, 6.07) is 7.85. The van der Waals surface area contributed by atoms with Gasteiger partial charge in [-0.15, -0.1) is 0 Å². The van der Waals surface area contributed by atoms with Crippen molar-refractivity contribution in [2.75, 3.05) is 26.2 Å². The summed E-state index contributed by atoms with van der Waals surface area (Å²) in [5.41, 5.74) is 2.09. The Labute approximate surface area is 155 Å². The van der Waals surface area contributed by atoms with Crippen molar-refractivity contribution in [2.45, 2.75) is 33.6 Å². The number of hydrogen-bond donors (Lipinski definition) is 1. The van der Waals surface area contributed by atoms with Gasteiger partial charge in [-0.2, -0.15) is 0 Å². The molecule has 0 aliphatic heterocycles. The average Bonchev–Trinajstić information content (AvgIpc) is 2.60. The molecule has 1 N–H and O–H groups in total. The molecule has 6 heteroatoms. The number of benzene rings is 1. The Morgan fingerprint density at radius 3 is 2.46 bits per heavy atom. The molecule has 0 aromatic heterocycles. The van der Waals surface area contributed by atoms with Crippen LogP contribution in [0.4, 0.5) is 0 Å². The number of nitrogens with zero attached hydrogens (tertiary/aromatic N) is 1. The first-order valence-electron chi connectivity index (χ1n) is 8.86. The van der Waals surface area contributed by atoms with Gasteiger partial charge < -0.3 is 15.0 Å². The van der Waals surface area contributed by atoms with Crippen LogP contribution in [0.3, 0.4) is 0 Å². The van der Waals surface area contributed by atoms with Crippen LogP contribution in [-0.4, -0.2) is 48.9 Å². The molecule has 26 heavy (non-hydrogen) atoms. The quantitative estimate of drug-likeness (QED) is 0.395. The van der Waals surface area contributed by atoms with Crippen LogP contribution in [0.5, 0.6) is 0 Å². The molecule has 1 aromatic carbocycles. The smallest absolute Gasteiger partial charge is 0.307 e. The van der Waals surface area contributed by atoms with E-state index >= 15 is 0 Å². The summed E-state index contributed by atoms with van der Waals surface area (Å²) in [6.07, 6.45) is 4.03. The van der Waals surface area contributed by atoms with E-state index < -0.39 is 0 Å². The van der Waals surface area contributed by atoms with Crippen molar-refractivity contribution in [3.8, 4) is 0 Å². The van der Waals surface area contributed by atoms with Crippen LogP contribution in [0.2, 0.25) is 0 Å². The van der Waals surface area contributed by atoms with Gasteiger partial charge in [0, 0.05) is 32.6 Å². The first-order valence-corrected chi connectivity index (χ1v) is 8.86. The van der Waals surface area contributed by atoms with Crippen molar-refractivity contribution in [3.05, 3.63) is 41.5 Å². The van der Waals surface area contributed by atoms with Gasteiger partial charge in [-0.3, -0.25) is 14.4 Å². The van der Waals surface area contributed by atoms with Gasteiger partial charge in [-0.05, 0) is 31.9 Å². The third-order valence-corrected chi connectivity index (χ3v) is 3.68. The summed E-state index contributed by atoms with van der Waals surface area (Å²) < 4.78 is 4.92. The van der Waals surface area contributed by atoms with Crippen LogP contribution in [0, 0.1) is 6.92 Å². The average molecular weight is 360 g/mol. The molecule has 0 aliphatic rings. The predicted octanol–water partition coefficient (Wildman–Crippen LogP) is 2.32. The van der Waals surface area contributed by atoms with Crippen molar-refractivity contribution in [1.29, 1.82) is 0 Å². The molecule has 1 rings (SSSR count). The lowest BCUT2D eigenvalue weighted by Gasteiger charge is -2.21. The van der Waals surface area contributed by atoms with Crippen molar-refractivity contribution >= 4 is 23.9 Å². The van der Waals surface area contributed by atoms with E-state index in [0.29, 0.717) is 26.1 Å². The van der Waals surface area contributed by atoms with Crippen molar-refractivity contribution < 1.29 is 19.1 Å². The van der Waals surface area contributed by atoms with Crippen molar-refractivity contribution in [1.82, 2.24) is 10.2 Å². The number of ether oxygens (including phenoxy) is 1. The Balaban J connectivity index is 2.64. The van der Waals surface area contributed by atoms with Crippen molar-refractivity contribution in [2.24, 2.45) is 0 Å². The van der Waals surface area contributed by atoms with E-state index in [1.165, 1.54) is 13.0 Å². The monoisotopic (exact) mass is 360 g/mol. The Morgan fingerprint density at radius 1 is 1.15 bits per heavy atom. The molecule has 0 spiro atoms. The molecule has 0 unspecified atom stereocenters. The van der Waals surface area contributed by atoms with E-state index in [2.05, 4.69) is 5.32 Å². The van der Waals surface area contributed by atoms with Gasteiger partial charge in [0.25, 0.3) is 0 Å². The number of carbonyl (C=O) groups is 3. The van der Waals surface area contributed by atoms with Crippen LogP contribution in [0.1, 0.15) is 37.8 Å². The lowest BCUT2D eigenvalue weighted by atomic mass is 10.1. The third-order valence-electron chi connectivity index (χ3n) is 3.68. The highest BCUT2D eigenvalue weighted by Crippen LogP contribution is 2.06. The van der Waals surface area contributed by atoms with Crippen LogP contribution < -0.4 is 5.32 Å². The van der Waals surface area contributed by atoms with E-state index in [1.807, 2.05) is 31.2 Å². The molecule has 0 atom stereocenters. The second kappa shape index (κ2) is 11.8. The Kier molecular flexibility index (Phi) is 9.75. The van der Waals surface area contributed by atoms with Gasteiger partial charge in [0.1, 0.15) is 0 Å². The Morgan fingerprint density at radius 2 is 1.85 bits per heavy atom. The molecular formula is C20H28N2O4. The zero-order valence-electron chi connectivity index (χ0n) is 15.8. The highest BCUT2D eigenvalue weighted by atomic mass is 16.5. The first-order chi connectivity index (χ1) is 12.4. The van der Waals surface area contributed by atoms with Crippen molar-refractivity contribution in [3.63, 3.8) is 0 Å². The number of aryl methyl sites for hydroxylation is 1. The molecule has 142 valence electrons. The van der Waals surface area contributed by atoms with Gasteiger partial charge in [0.2, 0.25) is 11.8 Å². The zero-order chi connectivity index (χ0) is 19.4. The maximum Gasteiger partial charge on any atom is 0.307 e. The van der Waals surface area contributed by atoms with Crippen LogP contribution in [-0.2, 0) is 19.1 Å². The number of carbonyl (C=O) groups excluding carboxylic acids is 3. The third kappa shape index (κ3) is 9.01. The maximum absolute atomic E-state index is 12.5. The number of esters is 1. The normalized spacial score (nSPS) is 10.6. The molecule has 6 nitrogen and oxygen atoms in total. The Hall–Kier alpha value is -2.63. The van der Waals surface area contributed by atoms with Gasteiger partial charge in [-0.1, -0.05) is 29.8 Å². The molecule has 0 radical (unpaired) electrons. The van der Waals surface area contributed by atoms with E-state index in [9.17, 15) is 14.4 Å². The summed E-state index contributed by atoms with van der Waals surface area (Å²) in [6.45, 7) is 6.76. The molecule has 0 bridgehead atoms. The summed E-state index contributed by atoms with van der Waals surface area (Å²) in [5, 5.41) is 2.70. The van der Waals surface area contributed by atoms with E-state index in [-0.39, 0.29) is 30.7 Å². The van der Waals surface area contributed by atoms with Gasteiger partial charge in [-0.25, -0.2) is 0 Å². The number of amides is 2. The Bertz CT molecular complexity index is 623. The molecule has 0 saturated heterocycles. The highest BCUT2D eigenvalue weighted by molar-refractivity contribution is 5.92. The fourth-order valence-electron chi connectivity index (χ4n) is 2.28. The van der Waals surface area contributed by atoms with Crippen LogP contribution >= 0.6 is 0 Å². The minimum Gasteiger partial charge on any atom is -0.466 e. The minimum atomic E-state index is -0.324. The van der Waals surface area contributed by atoms with E-state index in [1.54, 1.807) is 17.9 Å². The maximum atomic E-state index is 12.5. The molecule has 0 saturated carbocycles. The van der Waals surface area contributed by atoms with Gasteiger partial charge >= 0.3 is 5.97 Å². The SMILES string of the molecule is CCOC(=O)CCN(CCCNC(C)=O)C(=O)/C=C/c1ccc(C)cc1. The predicted molar refractivity (Wildman–Crippen MR) is 101 cm³/mol. The molecule has 0 aliphatic carbocycles. The van der Waals surface area contributed by atoms with Gasteiger partial charge in [0.15, 0.2) is 0 Å². The molecule has 0 fully saturated rings. The molecule has 1 aromatic rings. The molecule has 2 amide bonds.